The second-order valence-corrected chi connectivity index (χ2v) is 5.42. The summed E-state index contributed by atoms with van der Waals surface area (Å²) in [5.41, 5.74) is 5.82. The summed E-state index contributed by atoms with van der Waals surface area (Å²) in [6, 6.07) is 3.54. The first kappa shape index (κ1) is 15.4. The lowest BCUT2D eigenvalue weighted by molar-refractivity contribution is 0.203. The Morgan fingerprint density at radius 2 is 1.85 bits per heavy atom. The summed E-state index contributed by atoms with van der Waals surface area (Å²) in [4.78, 5) is 4.32. The maximum atomic E-state index is 13.9. The van der Waals surface area contributed by atoms with Gasteiger partial charge in [0.1, 0.15) is 11.6 Å². The zero-order valence-corrected chi connectivity index (χ0v) is 12.0. The van der Waals surface area contributed by atoms with Crippen molar-refractivity contribution in [2.75, 3.05) is 39.8 Å². The normalized spacial score (nSPS) is 17.9. The molecule has 2 rings (SSSR count). The van der Waals surface area contributed by atoms with E-state index in [0.29, 0.717) is 0 Å². The van der Waals surface area contributed by atoms with Crippen molar-refractivity contribution < 1.29 is 8.78 Å². The molecule has 0 bridgehead atoms. The molecule has 0 radical (unpaired) electrons. The number of nitrogens with two attached hydrogens (primary N) is 1. The largest absolute Gasteiger partial charge is 0.329 e. The molecule has 1 saturated heterocycles. The molecule has 20 heavy (non-hydrogen) atoms. The van der Waals surface area contributed by atoms with Gasteiger partial charge in [0.2, 0.25) is 0 Å². The number of halogens is 2. The lowest BCUT2D eigenvalue weighted by atomic mass is 10.0. The zero-order valence-electron chi connectivity index (χ0n) is 12.0. The highest BCUT2D eigenvalue weighted by molar-refractivity contribution is 5.23. The second kappa shape index (κ2) is 7.11. The van der Waals surface area contributed by atoms with E-state index in [1.54, 1.807) is 0 Å². The van der Waals surface area contributed by atoms with E-state index < -0.39 is 17.7 Å². The van der Waals surface area contributed by atoms with Crippen LogP contribution < -0.4 is 5.73 Å². The van der Waals surface area contributed by atoms with E-state index in [1.807, 2.05) is 11.9 Å². The Labute approximate surface area is 119 Å². The standard InChI is InChI=1S/C15H23F2N3/c1-19(9-10-20-7-2-3-8-20)14(11-18)15-12(16)5-4-6-13(15)17/h4-6,14H,2-3,7-11,18H2,1H3. The molecule has 1 unspecified atom stereocenters. The smallest absolute Gasteiger partial charge is 0.130 e. The molecular weight excluding hydrogens is 260 g/mol. The van der Waals surface area contributed by atoms with Crippen LogP contribution >= 0.6 is 0 Å². The van der Waals surface area contributed by atoms with E-state index in [4.69, 9.17) is 5.73 Å². The van der Waals surface area contributed by atoms with E-state index in [0.717, 1.165) is 26.2 Å². The molecule has 0 aromatic heterocycles. The molecule has 2 N–H and O–H groups in total. The SMILES string of the molecule is CN(CCN1CCCC1)C(CN)c1c(F)cccc1F. The van der Waals surface area contributed by atoms with Crippen molar-refractivity contribution in [2.24, 2.45) is 5.73 Å². The van der Waals surface area contributed by atoms with Crippen LogP contribution in [-0.4, -0.2) is 49.6 Å². The zero-order chi connectivity index (χ0) is 14.5. The van der Waals surface area contributed by atoms with Crippen LogP contribution in [0, 0.1) is 11.6 Å². The lowest BCUT2D eigenvalue weighted by Gasteiger charge is -2.29. The molecular formula is C15H23F2N3. The first-order chi connectivity index (χ1) is 9.63. The molecule has 0 aliphatic carbocycles. The maximum absolute atomic E-state index is 13.9. The van der Waals surface area contributed by atoms with Gasteiger partial charge in [-0.1, -0.05) is 6.07 Å². The van der Waals surface area contributed by atoms with Gasteiger partial charge in [-0.25, -0.2) is 8.78 Å². The summed E-state index contributed by atoms with van der Waals surface area (Å²) in [7, 11) is 1.87. The van der Waals surface area contributed by atoms with Gasteiger partial charge in [0.15, 0.2) is 0 Å². The van der Waals surface area contributed by atoms with Crippen molar-refractivity contribution in [1.82, 2.24) is 9.80 Å². The minimum absolute atomic E-state index is 0.0823. The Bertz CT molecular complexity index is 413. The topological polar surface area (TPSA) is 32.5 Å². The summed E-state index contributed by atoms with van der Waals surface area (Å²) in [5, 5.41) is 0. The highest BCUT2D eigenvalue weighted by atomic mass is 19.1. The number of nitrogens with zero attached hydrogens (tertiary/aromatic N) is 2. The Kier molecular flexibility index (Phi) is 5.46. The van der Waals surface area contributed by atoms with Crippen LogP contribution in [0.4, 0.5) is 8.78 Å². The molecule has 1 aliphatic heterocycles. The number of hydrogen-bond acceptors (Lipinski definition) is 3. The Balaban J connectivity index is 2.02. The quantitative estimate of drug-likeness (QED) is 0.866. The third-order valence-corrected chi connectivity index (χ3v) is 4.06. The number of likely N-dealkylation sites (N-methyl/N-ethyl adjacent to an activating group) is 1. The number of benzene rings is 1. The first-order valence-electron chi connectivity index (χ1n) is 7.20. The van der Waals surface area contributed by atoms with Crippen LogP contribution in [-0.2, 0) is 0 Å². The number of rotatable bonds is 6. The number of hydrogen-bond donors (Lipinski definition) is 1. The Hall–Kier alpha value is -1.04. The minimum atomic E-state index is -0.520. The summed E-state index contributed by atoms with van der Waals surface area (Å²) >= 11 is 0. The molecule has 112 valence electrons. The third-order valence-electron chi connectivity index (χ3n) is 4.06. The maximum Gasteiger partial charge on any atom is 0.130 e. The summed E-state index contributed by atoms with van der Waals surface area (Å²) in [6.07, 6.45) is 2.48. The lowest BCUT2D eigenvalue weighted by Crippen LogP contribution is -2.37. The predicted molar refractivity (Wildman–Crippen MR) is 76.5 cm³/mol. The van der Waals surface area contributed by atoms with Gasteiger partial charge in [-0.2, -0.15) is 0 Å². The van der Waals surface area contributed by atoms with Crippen molar-refractivity contribution in [3.8, 4) is 0 Å². The van der Waals surface area contributed by atoms with Gasteiger partial charge in [-0.3, -0.25) is 4.90 Å². The van der Waals surface area contributed by atoms with Gasteiger partial charge in [0.25, 0.3) is 0 Å². The van der Waals surface area contributed by atoms with Gasteiger partial charge in [0, 0.05) is 25.2 Å². The molecule has 1 aromatic carbocycles. The third kappa shape index (κ3) is 3.53. The average Bonchev–Trinajstić information content (AvgIpc) is 2.93. The molecule has 0 saturated carbocycles. The van der Waals surface area contributed by atoms with E-state index in [9.17, 15) is 8.78 Å². The Morgan fingerprint density at radius 3 is 2.40 bits per heavy atom. The van der Waals surface area contributed by atoms with Crippen molar-refractivity contribution in [2.45, 2.75) is 18.9 Å². The molecule has 5 heteroatoms. The van der Waals surface area contributed by atoms with Gasteiger partial charge < -0.3 is 10.6 Å². The molecule has 0 spiro atoms. The molecule has 0 amide bonds. The average molecular weight is 283 g/mol. The van der Waals surface area contributed by atoms with Crippen molar-refractivity contribution >= 4 is 0 Å². The van der Waals surface area contributed by atoms with Crippen molar-refractivity contribution in [1.29, 1.82) is 0 Å². The molecule has 1 atom stereocenters. The van der Waals surface area contributed by atoms with Crippen LogP contribution in [0.2, 0.25) is 0 Å². The van der Waals surface area contributed by atoms with Crippen molar-refractivity contribution in [3.05, 3.63) is 35.4 Å². The fourth-order valence-electron chi connectivity index (χ4n) is 2.81. The molecule has 1 fully saturated rings. The predicted octanol–water partition coefficient (Wildman–Crippen LogP) is 1.99. The van der Waals surface area contributed by atoms with Gasteiger partial charge in [-0.15, -0.1) is 0 Å². The summed E-state index contributed by atoms with van der Waals surface area (Å²) < 4.78 is 27.7. The first-order valence-corrected chi connectivity index (χ1v) is 7.20. The van der Waals surface area contributed by atoms with Gasteiger partial charge in [0.05, 0.1) is 6.04 Å². The summed E-state index contributed by atoms with van der Waals surface area (Å²) in [6.45, 7) is 4.12. The van der Waals surface area contributed by atoms with Gasteiger partial charge >= 0.3 is 0 Å². The van der Waals surface area contributed by atoms with Crippen LogP contribution in [0.25, 0.3) is 0 Å². The van der Waals surface area contributed by atoms with Crippen LogP contribution in [0.15, 0.2) is 18.2 Å². The Morgan fingerprint density at radius 1 is 1.25 bits per heavy atom. The highest BCUT2D eigenvalue weighted by Crippen LogP contribution is 2.24. The van der Waals surface area contributed by atoms with E-state index >= 15 is 0 Å². The van der Waals surface area contributed by atoms with Crippen LogP contribution in [0.5, 0.6) is 0 Å². The fourth-order valence-corrected chi connectivity index (χ4v) is 2.81. The highest BCUT2D eigenvalue weighted by Gasteiger charge is 2.23. The van der Waals surface area contributed by atoms with E-state index in [1.165, 1.54) is 31.0 Å². The van der Waals surface area contributed by atoms with Crippen molar-refractivity contribution in [3.63, 3.8) is 0 Å². The van der Waals surface area contributed by atoms with E-state index in [-0.39, 0.29) is 12.1 Å². The molecule has 3 nitrogen and oxygen atoms in total. The number of likely N-dealkylation sites (tertiary alicyclic amines) is 1. The van der Waals surface area contributed by atoms with Crippen LogP contribution in [0.1, 0.15) is 24.4 Å². The minimum Gasteiger partial charge on any atom is -0.329 e. The van der Waals surface area contributed by atoms with Gasteiger partial charge in [-0.05, 0) is 45.1 Å². The summed E-state index contributed by atoms with van der Waals surface area (Å²) in [5.74, 6) is -1.04. The van der Waals surface area contributed by atoms with Crippen LogP contribution in [0.3, 0.4) is 0 Å². The monoisotopic (exact) mass is 283 g/mol. The van der Waals surface area contributed by atoms with E-state index in [2.05, 4.69) is 4.90 Å². The molecule has 1 aliphatic rings. The second-order valence-electron chi connectivity index (χ2n) is 5.42. The molecule has 1 aromatic rings. The fraction of sp³-hybridized carbons (Fsp3) is 0.600. The molecule has 1 heterocycles.